The van der Waals surface area contributed by atoms with E-state index in [9.17, 15) is 10.1 Å². The van der Waals surface area contributed by atoms with E-state index in [0.717, 1.165) is 0 Å². The van der Waals surface area contributed by atoms with Gasteiger partial charge in [0.1, 0.15) is 5.69 Å². The molecule has 2 rings (SSSR count). The van der Waals surface area contributed by atoms with Crippen molar-refractivity contribution >= 4 is 11.5 Å². The number of nitro groups is 1. The number of hydrogen-bond donors (Lipinski definition) is 1. The first-order chi connectivity index (χ1) is 9.91. The Labute approximate surface area is 126 Å². The van der Waals surface area contributed by atoms with Crippen LogP contribution in [0.4, 0.5) is 11.5 Å². The predicted molar refractivity (Wildman–Crippen MR) is 83.6 cm³/mol. The fourth-order valence-electron chi connectivity index (χ4n) is 3.23. The van der Waals surface area contributed by atoms with Gasteiger partial charge in [-0.2, -0.15) is 5.10 Å². The molecule has 118 valence electrons. The third-order valence-corrected chi connectivity index (χ3v) is 4.50. The molecule has 1 N–H and O–H groups in total. The van der Waals surface area contributed by atoms with Crippen LogP contribution in [0.2, 0.25) is 0 Å². The molecule has 1 aromatic rings. The largest absolute Gasteiger partial charge is 0.362 e. The molecule has 0 aliphatic heterocycles. The van der Waals surface area contributed by atoms with Crippen LogP contribution in [0.1, 0.15) is 64.5 Å². The molecule has 0 bridgehead atoms. The summed E-state index contributed by atoms with van der Waals surface area (Å²) in [5.74, 6) is 1.18. The van der Waals surface area contributed by atoms with E-state index in [1.54, 1.807) is 11.7 Å². The van der Waals surface area contributed by atoms with Crippen LogP contribution in [0.3, 0.4) is 0 Å². The van der Waals surface area contributed by atoms with Gasteiger partial charge in [0, 0.05) is 19.0 Å². The maximum atomic E-state index is 11.4. The van der Waals surface area contributed by atoms with E-state index >= 15 is 0 Å². The first-order valence-electron chi connectivity index (χ1n) is 7.89. The highest BCUT2D eigenvalue weighted by atomic mass is 16.6. The van der Waals surface area contributed by atoms with E-state index in [2.05, 4.69) is 17.3 Å². The lowest BCUT2D eigenvalue weighted by molar-refractivity contribution is -0.384. The van der Waals surface area contributed by atoms with Gasteiger partial charge < -0.3 is 5.32 Å². The first-order valence-corrected chi connectivity index (χ1v) is 7.89. The molecule has 0 radical (unpaired) electrons. The molecule has 0 aromatic carbocycles. The molecule has 6 nitrogen and oxygen atoms in total. The summed E-state index contributed by atoms with van der Waals surface area (Å²) in [7, 11) is 1.77. The van der Waals surface area contributed by atoms with Crippen LogP contribution in [-0.4, -0.2) is 20.7 Å². The number of nitrogens with one attached hydrogen (secondary N) is 1. The summed E-state index contributed by atoms with van der Waals surface area (Å²) in [5.41, 5.74) is 0.691. The van der Waals surface area contributed by atoms with Crippen molar-refractivity contribution in [3.63, 3.8) is 0 Å². The Morgan fingerprint density at radius 1 is 1.29 bits per heavy atom. The van der Waals surface area contributed by atoms with Gasteiger partial charge in [-0.1, -0.05) is 33.1 Å². The Morgan fingerprint density at radius 2 is 1.90 bits per heavy atom. The molecule has 1 aliphatic rings. The number of nitrogens with zero attached hydrogens (tertiary/aromatic N) is 3. The number of hydrogen-bond acceptors (Lipinski definition) is 4. The highest BCUT2D eigenvalue weighted by Crippen LogP contribution is 2.35. The highest BCUT2D eigenvalue weighted by molar-refractivity contribution is 5.61. The molecular weight excluding hydrogens is 268 g/mol. The molecule has 1 saturated carbocycles. The second-order valence-corrected chi connectivity index (χ2v) is 6.45. The molecule has 21 heavy (non-hydrogen) atoms. The minimum atomic E-state index is -0.307. The summed E-state index contributed by atoms with van der Waals surface area (Å²) in [6.07, 6.45) is 6.25. The van der Waals surface area contributed by atoms with Gasteiger partial charge in [-0.05, 0) is 25.7 Å². The average molecular weight is 294 g/mol. The molecule has 1 fully saturated rings. The smallest absolute Gasteiger partial charge is 0.334 e. The van der Waals surface area contributed by atoms with Crippen molar-refractivity contribution in [1.82, 2.24) is 9.78 Å². The predicted octanol–water partition coefficient (Wildman–Crippen LogP) is 3.83. The maximum Gasteiger partial charge on any atom is 0.334 e. The lowest BCUT2D eigenvalue weighted by Crippen LogP contribution is -2.28. The molecule has 1 heterocycles. The minimum Gasteiger partial charge on any atom is -0.362 e. The quantitative estimate of drug-likeness (QED) is 0.661. The van der Waals surface area contributed by atoms with Crippen molar-refractivity contribution < 1.29 is 4.92 Å². The lowest BCUT2D eigenvalue weighted by atomic mass is 9.84. The van der Waals surface area contributed by atoms with Crippen LogP contribution in [0, 0.1) is 16.0 Å². The van der Waals surface area contributed by atoms with Gasteiger partial charge in [0.2, 0.25) is 5.82 Å². The molecule has 0 amide bonds. The standard InChI is InChI=1S/C15H26N4O2/c1-10(2)13-14(19(20)21)15(18(4)17-13)16-11(3)12-8-6-5-7-9-12/h10-12,16H,5-9H2,1-4H3. The van der Waals surface area contributed by atoms with Crippen molar-refractivity contribution in [1.29, 1.82) is 0 Å². The molecule has 1 aromatic heterocycles. The zero-order valence-corrected chi connectivity index (χ0v) is 13.4. The summed E-state index contributed by atoms with van der Waals surface area (Å²) in [6, 6.07) is 0.236. The van der Waals surface area contributed by atoms with Crippen LogP contribution in [0.25, 0.3) is 0 Å². The summed E-state index contributed by atoms with van der Waals surface area (Å²) in [5, 5.41) is 19.1. The number of rotatable bonds is 5. The van der Waals surface area contributed by atoms with Gasteiger partial charge in [-0.3, -0.25) is 10.1 Å². The van der Waals surface area contributed by atoms with E-state index in [4.69, 9.17) is 0 Å². The third kappa shape index (κ3) is 3.36. The zero-order chi connectivity index (χ0) is 15.6. The molecule has 1 atom stereocenters. The molecule has 1 aliphatic carbocycles. The van der Waals surface area contributed by atoms with Gasteiger partial charge in [-0.15, -0.1) is 0 Å². The third-order valence-electron chi connectivity index (χ3n) is 4.50. The summed E-state index contributed by atoms with van der Waals surface area (Å²) in [4.78, 5) is 11.1. The molecule has 6 heteroatoms. The SMILES string of the molecule is CC(C)c1nn(C)c(NC(C)C2CCCCC2)c1[N+](=O)[O-]. The van der Waals surface area contributed by atoms with E-state index in [0.29, 0.717) is 17.4 Å². The van der Waals surface area contributed by atoms with Crippen LogP contribution in [0.5, 0.6) is 0 Å². The van der Waals surface area contributed by atoms with E-state index in [-0.39, 0.29) is 22.6 Å². The molecular formula is C15H26N4O2. The van der Waals surface area contributed by atoms with Crippen LogP contribution in [-0.2, 0) is 7.05 Å². The van der Waals surface area contributed by atoms with Crippen LogP contribution >= 0.6 is 0 Å². The Bertz CT molecular complexity index is 504. The van der Waals surface area contributed by atoms with Gasteiger partial charge >= 0.3 is 5.69 Å². The topological polar surface area (TPSA) is 73.0 Å². The molecule has 0 spiro atoms. The van der Waals surface area contributed by atoms with Crippen molar-refractivity contribution in [2.45, 2.75) is 64.8 Å². The Hall–Kier alpha value is -1.59. The second kappa shape index (κ2) is 6.45. The monoisotopic (exact) mass is 294 g/mol. The fraction of sp³-hybridized carbons (Fsp3) is 0.800. The van der Waals surface area contributed by atoms with Gasteiger partial charge in [-0.25, -0.2) is 4.68 Å². The van der Waals surface area contributed by atoms with Crippen LogP contribution in [0.15, 0.2) is 0 Å². The van der Waals surface area contributed by atoms with Crippen molar-refractivity contribution in [3.05, 3.63) is 15.8 Å². The van der Waals surface area contributed by atoms with Crippen LogP contribution < -0.4 is 5.32 Å². The van der Waals surface area contributed by atoms with E-state index < -0.39 is 0 Å². The normalized spacial score (nSPS) is 18.0. The lowest BCUT2D eigenvalue weighted by Gasteiger charge is -2.28. The van der Waals surface area contributed by atoms with Gasteiger partial charge in [0.25, 0.3) is 0 Å². The summed E-state index contributed by atoms with van der Waals surface area (Å²) >= 11 is 0. The van der Waals surface area contributed by atoms with Crippen molar-refractivity contribution in [3.8, 4) is 0 Å². The van der Waals surface area contributed by atoms with Gasteiger partial charge in [0.15, 0.2) is 0 Å². The number of anilines is 1. The van der Waals surface area contributed by atoms with Crippen molar-refractivity contribution in [2.75, 3.05) is 5.32 Å². The maximum absolute atomic E-state index is 11.4. The highest BCUT2D eigenvalue weighted by Gasteiger charge is 2.30. The number of aromatic nitrogens is 2. The number of aryl methyl sites for hydroxylation is 1. The first kappa shape index (κ1) is 15.8. The summed E-state index contributed by atoms with van der Waals surface area (Å²) in [6.45, 7) is 6.00. The second-order valence-electron chi connectivity index (χ2n) is 6.45. The van der Waals surface area contributed by atoms with E-state index in [1.165, 1.54) is 32.1 Å². The van der Waals surface area contributed by atoms with Gasteiger partial charge in [0.05, 0.1) is 4.92 Å². The van der Waals surface area contributed by atoms with E-state index in [1.807, 2.05) is 13.8 Å². The zero-order valence-electron chi connectivity index (χ0n) is 13.4. The Morgan fingerprint density at radius 3 is 2.43 bits per heavy atom. The van der Waals surface area contributed by atoms with Crippen molar-refractivity contribution in [2.24, 2.45) is 13.0 Å². The Balaban J connectivity index is 2.24. The molecule has 1 unspecified atom stereocenters. The fourth-order valence-corrected chi connectivity index (χ4v) is 3.23. The average Bonchev–Trinajstić information content (AvgIpc) is 2.77. The Kier molecular flexibility index (Phi) is 4.85. The molecule has 0 saturated heterocycles. The minimum absolute atomic E-state index is 0.0390. The summed E-state index contributed by atoms with van der Waals surface area (Å²) < 4.78 is 1.62.